The Hall–Kier alpha value is -3.38. The van der Waals surface area contributed by atoms with Crippen LogP contribution in [0.25, 0.3) is 11.3 Å². The number of hydrogen-bond donors (Lipinski definition) is 1. The zero-order valence-electron chi connectivity index (χ0n) is 14.2. The second-order valence-corrected chi connectivity index (χ2v) is 6.31. The van der Waals surface area contributed by atoms with Gasteiger partial charge in [0.15, 0.2) is 17.3 Å². The lowest BCUT2D eigenvalue weighted by atomic mass is 10.1. The minimum Gasteiger partial charge on any atom is -0.355 e. The highest BCUT2D eigenvalue weighted by Crippen LogP contribution is 2.23. The first kappa shape index (κ1) is 17.1. The van der Waals surface area contributed by atoms with E-state index in [2.05, 4.69) is 15.6 Å². The van der Waals surface area contributed by atoms with Crippen molar-refractivity contribution in [2.75, 3.05) is 5.32 Å². The van der Waals surface area contributed by atoms with Crippen LogP contribution in [0.5, 0.6) is 0 Å². The number of hydrogen-bond acceptors (Lipinski definition) is 4. The van der Waals surface area contributed by atoms with Crippen LogP contribution in [0, 0.1) is 0 Å². The van der Waals surface area contributed by atoms with E-state index in [1.807, 2.05) is 60.7 Å². The van der Waals surface area contributed by atoms with Crippen LogP contribution in [0.3, 0.4) is 0 Å². The monoisotopic (exact) mass is 378 g/mol. The maximum Gasteiger partial charge on any atom is 0.279 e. The van der Waals surface area contributed by atoms with Gasteiger partial charge < -0.3 is 9.84 Å². The molecule has 27 heavy (non-hydrogen) atoms. The Kier molecular flexibility index (Phi) is 4.72. The minimum absolute atomic E-state index is 0.155. The van der Waals surface area contributed by atoms with Crippen LogP contribution >= 0.6 is 11.6 Å². The van der Waals surface area contributed by atoms with Gasteiger partial charge in [-0.1, -0.05) is 77.4 Å². The molecule has 0 saturated heterocycles. The van der Waals surface area contributed by atoms with Gasteiger partial charge in [-0.2, -0.15) is 5.10 Å². The molecular weight excluding hydrogens is 364 g/mol. The van der Waals surface area contributed by atoms with E-state index in [1.54, 1.807) is 16.9 Å². The maximum absolute atomic E-state index is 12.4. The number of nitrogens with zero attached hydrogens (tertiary/aromatic N) is 3. The quantitative estimate of drug-likeness (QED) is 0.555. The molecule has 0 saturated carbocycles. The van der Waals surface area contributed by atoms with Crippen molar-refractivity contribution in [1.82, 2.24) is 14.9 Å². The summed E-state index contributed by atoms with van der Waals surface area (Å²) >= 11 is 6.20. The number of nitrogens with one attached hydrogen (secondary N) is 1. The molecular formula is C20H15ClN4O2. The van der Waals surface area contributed by atoms with Gasteiger partial charge in [-0.3, -0.25) is 9.48 Å². The van der Waals surface area contributed by atoms with Crippen LogP contribution in [-0.4, -0.2) is 20.8 Å². The predicted octanol–water partition coefficient (Wildman–Crippen LogP) is 4.49. The fraction of sp³-hybridized carbons (Fsp3) is 0.0500. The Labute approximate surface area is 160 Å². The lowest BCUT2D eigenvalue weighted by molar-refractivity contribution is 0.101. The minimum atomic E-state index is -0.437. The van der Waals surface area contributed by atoms with Gasteiger partial charge in [-0.25, -0.2) is 0 Å². The Morgan fingerprint density at radius 1 is 1.07 bits per heavy atom. The number of anilines is 1. The van der Waals surface area contributed by atoms with Crippen LogP contribution in [0.2, 0.25) is 5.02 Å². The summed E-state index contributed by atoms with van der Waals surface area (Å²) in [6.07, 6.45) is 1.67. The molecule has 0 spiro atoms. The van der Waals surface area contributed by atoms with Crippen molar-refractivity contribution in [1.29, 1.82) is 0 Å². The van der Waals surface area contributed by atoms with E-state index in [1.165, 1.54) is 0 Å². The van der Waals surface area contributed by atoms with Gasteiger partial charge in [0.1, 0.15) is 5.02 Å². The van der Waals surface area contributed by atoms with Crippen molar-refractivity contribution in [3.63, 3.8) is 0 Å². The molecule has 1 N–H and O–H groups in total. The Bertz CT molecular complexity index is 1060. The fourth-order valence-electron chi connectivity index (χ4n) is 2.63. The van der Waals surface area contributed by atoms with Crippen molar-refractivity contribution >= 4 is 23.3 Å². The summed E-state index contributed by atoms with van der Waals surface area (Å²) in [5, 5.41) is 11.2. The molecule has 6 nitrogen and oxygen atoms in total. The molecule has 0 unspecified atom stereocenters. The topological polar surface area (TPSA) is 73.0 Å². The average Bonchev–Trinajstić information content (AvgIpc) is 3.31. The molecule has 0 fully saturated rings. The molecule has 4 rings (SSSR count). The largest absolute Gasteiger partial charge is 0.355 e. The number of amides is 1. The molecule has 0 aliphatic carbocycles. The average molecular weight is 379 g/mol. The van der Waals surface area contributed by atoms with E-state index in [0.717, 1.165) is 11.1 Å². The lowest BCUT2D eigenvalue weighted by Gasteiger charge is -2.01. The third-order valence-electron chi connectivity index (χ3n) is 3.94. The molecule has 0 atom stereocenters. The van der Waals surface area contributed by atoms with Crippen molar-refractivity contribution in [2.45, 2.75) is 6.54 Å². The first-order valence-corrected chi connectivity index (χ1v) is 8.67. The summed E-state index contributed by atoms with van der Waals surface area (Å²) in [5.74, 6) is 0.358. The lowest BCUT2D eigenvalue weighted by Crippen LogP contribution is -2.13. The van der Waals surface area contributed by atoms with Gasteiger partial charge in [0, 0.05) is 17.8 Å². The van der Waals surface area contributed by atoms with E-state index in [4.69, 9.17) is 16.1 Å². The summed E-state index contributed by atoms with van der Waals surface area (Å²) in [5.41, 5.74) is 2.08. The number of halogens is 1. The molecule has 2 aromatic carbocycles. The molecule has 0 bridgehead atoms. The Morgan fingerprint density at radius 2 is 1.78 bits per heavy atom. The summed E-state index contributed by atoms with van der Waals surface area (Å²) in [7, 11) is 0. The fourth-order valence-corrected chi connectivity index (χ4v) is 2.82. The molecule has 2 aromatic heterocycles. The summed E-state index contributed by atoms with van der Waals surface area (Å²) in [4.78, 5) is 12.4. The van der Waals surface area contributed by atoms with Crippen LogP contribution in [0.15, 0.2) is 77.4 Å². The van der Waals surface area contributed by atoms with Crippen molar-refractivity contribution in [3.05, 3.63) is 89.2 Å². The summed E-state index contributed by atoms with van der Waals surface area (Å²) in [6, 6.07) is 20.9. The number of benzene rings is 2. The summed E-state index contributed by atoms with van der Waals surface area (Å²) < 4.78 is 6.93. The van der Waals surface area contributed by atoms with Crippen molar-refractivity contribution in [3.8, 4) is 11.3 Å². The van der Waals surface area contributed by atoms with E-state index >= 15 is 0 Å². The molecule has 2 heterocycles. The molecule has 0 aliphatic rings. The number of rotatable bonds is 5. The smallest absolute Gasteiger partial charge is 0.279 e. The van der Waals surface area contributed by atoms with Gasteiger partial charge in [0.25, 0.3) is 5.91 Å². The molecule has 134 valence electrons. The highest BCUT2D eigenvalue weighted by Gasteiger charge is 2.17. The van der Waals surface area contributed by atoms with Crippen LogP contribution in [-0.2, 0) is 6.54 Å². The third-order valence-corrected chi connectivity index (χ3v) is 4.21. The second-order valence-electron chi connectivity index (χ2n) is 5.91. The summed E-state index contributed by atoms with van der Waals surface area (Å²) in [6.45, 7) is 0.554. The molecule has 0 radical (unpaired) electrons. The number of carbonyl (C=O) groups is 1. The Balaban J connectivity index is 1.48. The zero-order valence-corrected chi connectivity index (χ0v) is 14.9. The molecule has 1 amide bonds. The van der Waals surface area contributed by atoms with E-state index in [9.17, 15) is 4.79 Å². The number of carbonyl (C=O) groups excluding carboxylic acids is 1. The standard InChI is InChI=1S/C20H15ClN4O2/c21-16-13-25(12-14-7-3-1-4-8-14)23-19(16)22-20(26)17-11-18(27-24-17)15-9-5-2-6-10-15/h1-11,13H,12H2,(H,22,23,26). The third kappa shape index (κ3) is 3.91. The normalized spacial score (nSPS) is 10.7. The van der Waals surface area contributed by atoms with Crippen molar-refractivity contribution < 1.29 is 9.32 Å². The first-order valence-electron chi connectivity index (χ1n) is 8.29. The molecule has 7 heteroatoms. The van der Waals surface area contributed by atoms with E-state index in [-0.39, 0.29) is 11.5 Å². The van der Waals surface area contributed by atoms with Crippen LogP contribution in [0.1, 0.15) is 16.1 Å². The van der Waals surface area contributed by atoms with Gasteiger partial charge in [-0.05, 0) is 5.56 Å². The number of aromatic nitrogens is 3. The van der Waals surface area contributed by atoms with Gasteiger partial charge in [0.05, 0.1) is 6.54 Å². The molecule has 4 aromatic rings. The van der Waals surface area contributed by atoms with Crippen LogP contribution < -0.4 is 5.32 Å². The first-order chi connectivity index (χ1) is 13.2. The highest BCUT2D eigenvalue weighted by molar-refractivity contribution is 6.33. The SMILES string of the molecule is O=C(Nc1nn(Cc2ccccc2)cc1Cl)c1cc(-c2ccccc2)on1. The van der Waals surface area contributed by atoms with Crippen LogP contribution in [0.4, 0.5) is 5.82 Å². The van der Waals surface area contributed by atoms with Gasteiger partial charge >= 0.3 is 0 Å². The maximum atomic E-state index is 12.4. The van der Waals surface area contributed by atoms with E-state index < -0.39 is 5.91 Å². The van der Waals surface area contributed by atoms with E-state index in [0.29, 0.717) is 17.3 Å². The highest BCUT2D eigenvalue weighted by atomic mass is 35.5. The van der Waals surface area contributed by atoms with Gasteiger partial charge in [-0.15, -0.1) is 0 Å². The van der Waals surface area contributed by atoms with Gasteiger partial charge in [0.2, 0.25) is 0 Å². The second kappa shape index (κ2) is 7.47. The zero-order chi connectivity index (χ0) is 18.6. The molecule has 0 aliphatic heterocycles. The Morgan fingerprint density at radius 3 is 2.52 bits per heavy atom. The van der Waals surface area contributed by atoms with Crippen molar-refractivity contribution in [2.24, 2.45) is 0 Å². The predicted molar refractivity (Wildman–Crippen MR) is 103 cm³/mol.